The van der Waals surface area contributed by atoms with Gasteiger partial charge in [0.25, 0.3) is 5.56 Å². The largest absolute Gasteiger partial charge is 0.462 e. The number of nitrogens with one attached hydrogen (secondary N) is 1. The standard InChI is InChI=1S/C28H30N2O8/c1-3-19(2)27(34)37-17-16-36-22(31)14-15-23(32)38-25-24(21-12-8-5-9-13-21)26(33)30(28(35)29-25)18-20-10-6-4-7-11-20/h4-13,19H,3,14-18H2,1-2H3,(H,29,35). The Bertz CT molecular complexity index is 1360. The molecule has 1 unspecified atom stereocenters. The van der Waals surface area contributed by atoms with Crippen molar-refractivity contribution in [3.8, 4) is 17.0 Å². The molecule has 1 aromatic heterocycles. The second-order valence-corrected chi connectivity index (χ2v) is 8.55. The van der Waals surface area contributed by atoms with Crippen molar-refractivity contribution in [1.29, 1.82) is 0 Å². The minimum absolute atomic E-state index is 0.0141. The molecule has 0 radical (unpaired) electrons. The minimum atomic E-state index is -0.835. The molecule has 0 spiro atoms. The molecule has 0 bridgehead atoms. The van der Waals surface area contributed by atoms with Gasteiger partial charge >= 0.3 is 23.6 Å². The van der Waals surface area contributed by atoms with Crippen LogP contribution in [-0.4, -0.2) is 40.7 Å². The van der Waals surface area contributed by atoms with Crippen LogP contribution >= 0.6 is 0 Å². The SMILES string of the molecule is CCC(C)C(=O)OCCOC(=O)CCC(=O)Oc1[nH]c(=O)n(Cc2ccccc2)c(=O)c1-c1ccccc1. The third kappa shape index (κ3) is 7.76. The molecule has 0 fully saturated rings. The van der Waals surface area contributed by atoms with Gasteiger partial charge in [-0.15, -0.1) is 0 Å². The summed E-state index contributed by atoms with van der Waals surface area (Å²) in [6, 6.07) is 17.5. The van der Waals surface area contributed by atoms with Gasteiger partial charge in [-0.05, 0) is 17.5 Å². The van der Waals surface area contributed by atoms with E-state index in [0.29, 0.717) is 12.0 Å². The number of ether oxygens (including phenoxy) is 3. The van der Waals surface area contributed by atoms with Gasteiger partial charge in [0.1, 0.15) is 18.8 Å². The van der Waals surface area contributed by atoms with E-state index in [1.165, 1.54) is 0 Å². The fourth-order valence-corrected chi connectivity index (χ4v) is 3.44. The molecule has 3 rings (SSSR count). The summed E-state index contributed by atoms with van der Waals surface area (Å²) in [5, 5.41) is 0. The number of aromatic nitrogens is 2. The van der Waals surface area contributed by atoms with Gasteiger partial charge in [0, 0.05) is 0 Å². The lowest BCUT2D eigenvalue weighted by Crippen LogP contribution is -2.37. The summed E-state index contributed by atoms with van der Waals surface area (Å²) in [7, 11) is 0. The highest BCUT2D eigenvalue weighted by Gasteiger charge is 2.20. The van der Waals surface area contributed by atoms with Crippen LogP contribution in [0.2, 0.25) is 0 Å². The molecule has 2 aromatic carbocycles. The van der Waals surface area contributed by atoms with Gasteiger partial charge in [0.05, 0.1) is 25.3 Å². The normalized spacial score (nSPS) is 11.4. The Kier molecular flexibility index (Phi) is 10.2. The molecule has 0 saturated heterocycles. The molecule has 10 heteroatoms. The number of H-pyrrole nitrogens is 1. The molecule has 0 aliphatic heterocycles. The zero-order valence-electron chi connectivity index (χ0n) is 21.3. The number of carbonyl (C=O) groups excluding carboxylic acids is 3. The fourth-order valence-electron chi connectivity index (χ4n) is 3.44. The summed E-state index contributed by atoms with van der Waals surface area (Å²) >= 11 is 0. The number of rotatable bonds is 12. The zero-order chi connectivity index (χ0) is 27.5. The summed E-state index contributed by atoms with van der Waals surface area (Å²) < 4.78 is 16.3. The Morgan fingerprint density at radius 3 is 2.13 bits per heavy atom. The lowest BCUT2D eigenvalue weighted by Gasteiger charge is -2.13. The van der Waals surface area contributed by atoms with Crippen LogP contribution in [0.3, 0.4) is 0 Å². The molecular weight excluding hydrogens is 492 g/mol. The van der Waals surface area contributed by atoms with Crippen LogP contribution in [0.25, 0.3) is 11.1 Å². The molecule has 3 aromatic rings. The molecule has 0 amide bonds. The Morgan fingerprint density at radius 1 is 0.868 bits per heavy atom. The smallest absolute Gasteiger partial charge is 0.331 e. The zero-order valence-corrected chi connectivity index (χ0v) is 21.3. The van der Waals surface area contributed by atoms with Gasteiger partial charge in [-0.3, -0.25) is 28.7 Å². The van der Waals surface area contributed by atoms with E-state index in [1.807, 2.05) is 13.0 Å². The summed E-state index contributed by atoms with van der Waals surface area (Å²) in [6.07, 6.45) is -0.0107. The Morgan fingerprint density at radius 2 is 1.47 bits per heavy atom. The van der Waals surface area contributed by atoms with Crippen LogP contribution in [0.1, 0.15) is 38.7 Å². The highest BCUT2D eigenvalue weighted by Crippen LogP contribution is 2.24. The molecular formula is C28H30N2O8. The molecule has 1 heterocycles. The number of nitrogens with zero attached hydrogens (tertiary/aromatic N) is 1. The lowest BCUT2D eigenvalue weighted by molar-refractivity contribution is -0.155. The number of hydrogen-bond acceptors (Lipinski definition) is 8. The van der Waals surface area contributed by atoms with Crippen molar-refractivity contribution in [1.82, 2.24) is 9.55 Å². The van der Waals surface area contributed by atoms with Crippen molar-refractivity contribution in [2.45, 2.75) is 39.7 Å². The van der Waals surface area contributed by atoms with E-state index >= 15 is 0 Å². The first-order valence-electron chi connectivity index (χ1n) is 12.3. The number of hydrogen-bond donors (Lipinski definition) is 1. The summed E-state index contributed by atoms with van der Waals surface area (Å²) in [6.45, 7) is 3.41. The van der Waals surface area contributed by atoms with Crippen LogP contribution in [0.4, 0.5) is 0 Å². The van der Waals surface area contributed by atoms with Crippen LogP contribution in [0.5, 0.6) is 5.88 Å². The van der Waals surface area contributed by atoms with Gasteiger partial charge in [-0.25, -0.2) is 4.79 Å². The second kappa shape index (κ2) is 13.7. The van der Waals surface area contributed by atoms with Gasteiger partial charge in [0.2, 0.25) is 5.88 Å². The van der Waals surface area contributed by atoms with Crippen molar-refractivity contribution in [2.24, 2.45) is 5.92 Å². The van der Waals surface area contributed by atoms with E-state index in [2.05, 4.69) is 4.98 Å². The topological polar surface area (TPSA) is 134 Å². The summed E-state index contributed by atoms with van der Waals surface area (Å²) in [5.74, 6) is -2.44. The maximum atomic E-state index is 13.4. The molecule has 0 aliphatic rings. The average molecular weight is 523 g/mol. The van der Waals surface area contributed by atoms with E-state index in [0.717, 1.165) is 10.1 Å². The van der Waals surface area contributed by atoms with Crippen molar-refractivity contribution in [2.75, 3.05) is 13.2 Å². The Balaban J connectivity index is 1.68. The van der Waals surface area contributed by atoms with Crippen molar-refractivity contribution in [3.05, 3.63) is 87.1 Å². The van der Waals surface area contributed by atoms with Crippen LogP contribution in [0.15, 0.2) is 70.3 Å². The second-order valence-electron chi connectivity index (χ2n) is 8.55. The van der Waals surface area contributed by atoms with Crippen LogP contribution < -0.4 is 16.0 Å². The number of esters is 3. The average Bonchev–Trinajstić information content (AvgIpc) is 2.92. The number of aromatic amines is 1. The number of benzene rings is 2. The van der Waals surface area contributed by atoms with E-state index in [1.54, 1.807) is 61.5 Å². The first-order valence-corrected chi connectivity index (χ1v) is 12.3. The Hall–Kier alpha value is -4.47. The molecule has 200 valence electrons. The van der Waals surface area contributed by atoms with Gasteiger partial charge in [0.15, 0.2) is 0 Å². The maximum absolute atomic E-state index is 13.4. The van der Waals surface area contributed by atoms with E-state index in [4.69, 9.17) is 14.2 Å². The summed E-state index contributed by atoms with van der Waals surface area (Å²) in [4.78, 5) is 64.7. The van der Waals surface area contributed by atoms with Crippen LogP contribution in [-0.2, 0) is 30.4 Å². The quantitative estimate of drug-likeness (QED) is 0.283. The third-order valence-electron chi connectivity index (χ3n) is 5.75. The van der Waals surface area contributed by atoms with Crippen LogP contribution in [0, 0.1) is 5.92 Å². The molecule has 1 N–H and O–H groups in total. The first kappa shape index (κ1) is 28.1. The molecule has 0 aliphatic carbocycles. The first-order chi connectivity index (χ1) is 18.3. The van der Waals surface area contributed by atoms with E-state index in [9.17, 15) is 24.0 Å². The lowest BCUT2D eigenvalue weighted by atomic mass is 10.1. The third-order valence-corrected chi connectivity index (χ3v) is 5.75. The van der Waals surface area contributed by atoms with Crippen molar-refractivity contribution < 1.29 is 28.6 Å². The molecule has 0 saturated carbocycles. The summed E-state index contributed by atoms with van der Waals surface area (Å²) in [5.41, 5.74) is -0.160. The highest BCUT2D eigenvalue weighted by molar-refractivity contribution is 5.80. The molecule has 10 nitrogen and oxygen atoms in total. The van der Waals surface area contributed by atoms with Gasteiger partial charge < -0.3 is 14.2 Å². The molecule has 1 atom stereocenters. The Labute approximate surface area is 219 Å². The maximum Gasteiger partial charge on any atom is 0.331 e. The van der Waals surface area contributed by atoms with Crippen molar-refractivity contribution in [3.63, 3.8) is 0 Å². The van der Waals surface area contributed by atoms with Crippen molar-refractivity contribution >= 4 is 17.9 Å². The van der Waals surface area contributed by atoms with E-state index < -0.39 is 23.2 Å². The monoisotopic (exact) mass is 522 g/mol. The predicted octanol–water partition coefficient (Wildman–Crippen LogP) is 3.07. The predicted molar refractivity (Wildman–Crippen MR) is 139 cm³/mol. The highest BCUT2D eigenvalue weighted by atomic mass is 16.6. The minimum Gasteiger partial charge on any atom is -0.462 e. The molecule has 38 heavy (non-hydrogen) atoms. The fraction of sp³-hybridized carbons (Fsp3) is 0.321. The van der Waals surface area contributed by atoms with E-state index in [-0.39, 0.29) is 55.9 Å². The number of carbonyl (C=O) groups is 3. The van der Waals surface area contributed by atoms with Gasteiger partial charge in [-0.2, -0.15) is 0 Å². The van der Waals surface area contributed by atoms with Gasteiger partial charge in [-0.1, -0.05) is 74.5 Å².